The van der Waals surface area contributed by atoms with E-state index in [2.05, 4.69) is 10.6 Å². The summed E-state index contributed by atoms with van der Waals surface area (Å²) in [6, 6.07) is -2.83. The van der Waals surface area contributed by atoms with E-state index in [0.29, 0.717) is 0 Å². The minimum absolute atomic E-state index is 0.531. The van der Waals surface area contributed by atoms with Gasteiger partial charge in [-0.2, -0.15) is 0 Å². The van der Waals surface area contributed by atoms with E-state index in [1.807, 2.05) is 0 Å². The van der Waals surface area contributed by atoms with Crippen molar-refractivity contribution in [1.82, 2.24) is 10.6 Å². The van der Waals surface area contributed by atoms with Crippen LogP contribution >= 0.6 is 0 Å². The van der Waals surface area contributed by atoms with Gasteiger partial charge in [0.25, 0.3) is 0 Å². The topological polar surface area (TPSA) is 238 Å². The number of hydrogen-bond acceptors (Lipinski definition) is 16. The van der Waals surface area contributed by atoms with Crippen molar-refractivity contribution in [3.8, 4) is 0 Å². The summed E-state index contributed by atoms with van der Waals surface area (Å²) in [6.45, 7) is 6.58. The van der Waals surface area contributed by atoms with Crippen LogP contribution in [0.5, 0.6) is 0 Å². The van der Waals surface area contributed by atoms with Gasteiger partial charge in [0, 0.05) is 48.5 Å². The van der Waals surface area contributed by atoms with E-state index in [1.54, 1.807) is 0 Å². The first-order valence-electron chi connectivity index (χ1n) is 13.5. The minimum Gasteiger partial charge on any atom is -0.463 e. The summed E-state index contributed by atoms with van der Waals surface area (Å²) in [5.41, 5.74) is 0. The molecule has 0 aromatic rings. The number of aliphatic hydroxyl groups is 1. The van der Waals surface area contributed by atoms with E-state index < -0.39 is 116 Å². The van der Waals surface area contributed by atoms with Crippen molar-refractivity contribution in [2.24, 2.45) is 0 Å². The highest BCUT2D eigenvalue weighted by atomic mass is 16.7. The Labute approximate surface area is 252 Å². The van der Waals surface area contributed by atoms with E-state index in [1.165, 1.54) is 0 Å². The molecule has 248 valence electrons. The molecule has 2 fully saturated rings. The molecule has 2 amide bonds. The molecule has 2 rings (SSSR count). The Morgan fingerprint density at radius 3 is 1.41 bits per heavy atom. The van der Waals surface area contributed by atoms with Crippen molar-refractivity contribution < 1.29 is 76.6 Å². The predicted molar refractivity (Wildman–Crippen MR) is 140 cm³/mol. The second-order valence-electron chi connectivity index (χ2n) is 9.99. The van der Waals surface area contributed by atoms with Gasteiger partial charge in [0.1, 0.15) is 43.6 Å². The van der Waals surface area contributed by atoms with Crippen LogP contribution < -0.4 is 10.6 Å². The fourth-order valence-electron chi connectivity index (χ4n) is 4.70. The highest BCUT2D eigenvalue weighted by Gasteiger charge is 2.55. The highest BCUT2D eigenvalue weighted by Crippen LogP contribution is 2.33. The van der Waals surface area contributed by atoms with Gasteiger partial charge < -0.3 is 53.6 Å². The first kappa shape index (κ1) is 36.3. The fraction of sp³-hybridized carbons (Fsp3) is 0.731. The molecule has 0 bridgehead atoms. The SMILES string of the molecule is CC(=O)N[C@@H]1[C@@H](OC(C)=O)[C@H](O[C@@H]2O[C@H](COC(C)=O)[C@@H](OC(C)=O)[C@H](OC(C)=O)[C@H]2NC(C)=O)[C@@H](COC(C)=O)O[C@H]1O. The smallest absolute Gasteiger partial charge is 0.303 e. The van der Waals surface area contributed by atoms with Crippen molar-refractivity contribution >= 4 is 41.7 Å². The summed E-state index contributed by atoms with van der Waals surface area (Å²) >= 11 is 0. The van der Waals surface area contributed by atoms with Gasteiger partial charge in [-0.1, -0.05) is 0 Å². The molecular formula is C26H38N2O16. The molecule has 0 aromatic heterocycles. The third kappa shape index (κ3) is 10.7. The number of hydrogen-bond donors (Lipinski definition) is 3. The van der Waals surface area contributed by atoms with E-state index in [0.717, 1.165) is 48.5 Å². The molecule has 0 radical (unpaired) electrons. The molecule has 0 unspecified atom stereocenters. The molecule has 2 heterocycles. The Balaban J connectivity index is 2.66. The van der Waals surface area contributed by atoms with E-state index in [9.17, 15) is 38.7 Å². The lowest BCUT2D eigenvalue weighted by molar-refractivity contribution is -0.330. The lowest BCUT2D eigenvalue weighted by atomic mass is 9.94. The van der Waals surface area contributed by atoms with Crippen molar-refractivity contribution in [3.63, 3.8) is 0 Å². The monoisotopic (exact) mass is 634 g/mol. The molecular weight excluding hydrogens is 596 g/mol. The number of ether oxygens (including phenoxy) is 8. The Morgan fingerprint density at radius 2 is 0.977 bits per heavy atom. The van der Waals surface area contributed by atoms with Crippen LogP contribution in [0.4, 0.5) is 0 Å². The molecule has 0 aromatic carbocycles. The maximum atomic E-state index is 12.3. The third-order valence-electron chi connectivity index (χ3n) is 6.15. The number of nitrogens with one attached hydrogen (secondary N) is 2. The van der Waals surface area contributed by atoms with Crippen LogP contribution in [0.25, 0.3) is 0 Å². The Hall–Kier alpha value is -3.87. The van der Waals surface area contributed by atoms with Gasteiger partial charge in [-0.25, -0.2) is 0 Å². The van der Waals surface area contributed by atoms with Crippen LogP contribution in [-0.4, -0.2) is 121 Å². The number of amides is 2. The van der Waals surface area contributed by atoms with Crippen LogP contribution in [-0.2, 0) is 71.5 Å². The number of esters is 5. The maximum absolute atomic E-state index is 12.3. The zero-order valence-corrected chi connectivity index (χ0v) is 25.3. The average Bonchev–Trinajstić information content (AvgIpc) is 2.87. The molecule has 10 atom stereocenters. The highest BCUT2D eigenvalue weighted by molar-refractivity contribution is 5.74. The predicted octanol–water partition coefficient (Wildman–Crippen LogP) is -2.26. The molecule has 44 heavy (non-hydrogen) atoms. The van der Waals surface area contributed by atoms with Crippen LogP contribution in [0, 0.1) is 0 Å². The molecule has 2 aliphatic heterocycles. The van der Waals surface area contributed by atoms with E-state index >= 15 is 0 Å². The van der Waals surface area contributed by atoms with Gasteiger partial charge in [-0.05, 0) is 0 Å². The third-order valence-corrected chi connectivity index (χ3v) is 6.15. The zero-order chi connectivity index (χ0) is 33.3. The van der Waals surface area contributed by atoms with Crippen molar-refractivity contribution in [3.05, 3.63) is 0 Å². The van der Waals surface area contributed by atoms with E-state index in [4.69, 9.17) is 37.9 Å². The normalized spacial score (nSPS) is 31.5. The van der Waals surface area contributed by atoms with Gasteiger partial charge in [0.05, 0.1) is 0 Å². The summed E-state index contributed by atoms with van der Waals surface area (Å²) in [5.74, 6) is -5.31. The number of aliphatic hydroxyl groups excluding tert-OH is 1. The Morgan fingerprint density at radius 1 is 0.568 bits per heavy atom. The van der Waals surface area contributed by atoms with Crippen molar-refractivity contribution in [2.75, 3.05) is 13.2 Å². The molecule has 18 nitrogen and oxygen atoms in total. The Bertz CT molecular complexity index is 1100. The fourth-order valence-corrected chi connectivity index (χ4v) is 4.70. The minimum atomic E-state index is -1.78. The van der Waals surface area contributed by atoms with Crippen LogP contribution in [0.15, 0.2) is 0 Å². The van der Waals surface area contributed by atoms with Crippen LogP contribution in [0.1, 0.15) is 48.5 Å². The number of rotatable bonds is 11. The number of carbonyl (C=O) groups excluding carboxylic acids is 7. The number of carbonyl (C=O) groups is 7. The van der Waals surface area contributed by atoms with Gasteiger partial charge in [-0.3, -0.25) is 33.6 Å². The van der Waals surface area contributed by atoms with Crippen LogP contribution in [0.2, 0.25) is 0 Å². The van der Waals surface area contributed by atoms with Gasteiger partial charge in [-0.15, -0.1) is 0 Å². The van der Waals surface area contributed by atoms with E-state index in [-0.39, 0.29) is 0 Å². The molecule has 0 aliphatic carbocycles. The van der Waals surface area contributed by atoms with Gasteiger partial charge >= 0.3 is 29.8 Å². The average molecular weight is 635 g/mol. The summed E-state index contributed by atoms with van der Waals surface area (Å²) < 4.78 is 44.2. The van der Waals surface area contributed by atoms with Crippen molar-refractivity contribution in [1.29, 1.82) is 0 Å². The molecule has 3 N–H and O–H groups in total. The molecule has 2 aliphatic rings. The zero-order valence-electron chi connectivity index (χ0n) is 25.3. The van der Waals surface area contributed by atoms with Crippen LogP contribution in [0.3, 0.4) is 0 Å². The lowest BCUT2D eigenvalue weighted by Gasteiger charge is -2.49. The quantitative estimate of drug-likeness (QED) is 0.161. The second-order valence-corrected chi connectivity index (χ2v) is 9.99. The summed E-state index contributed by atoms with van der Waals surface area (Å²) in [7, 11) is 0. The largest absolute Gasteiger partial charge is 0.463 e. The van der Waals surface area contributed by atoms with Crippen molar-refractivity contribution in [2.45, 2.75) is 110 Å². The summed E-state index contributed by atoms with van der Waals surface area (Å²) in [6.07, 6.45) is -12.1. The lowest BCUT2D eigenvalue weighted by Crippen LogP contribution is -2.70. The molecule has 2 saturated heterocycles. The van der Waals surface area contributed by atoms with Gasteiger partial charge in [0.2, 0.25) is 11.8 Å². The summed E-state index contributed by atoms with van der Waals surface area (Å²) in [4.78, 5) is 83.8. The Kier molecular flexibility index (Phi) is 13.4. The molecule has 0 spiro atoms. The summed E-state index contributed by atoms with van der Waals surface area (Å²) in [5, 5.41) is 15.6. The van der Waals surface area contributed by atoms with Gasteiger partial charge in [0.15, 0.2) is 30.9 Å². The first-order chi connectivity index (χ1) is 20.5. The second kappa shape index (κ2) is 16.3. The maximum Gasteiger partial charge on any atom is 0.303 e. The molecule has 18 heteroatoms. The molecule has 0 saturated carbocycles. The standard InChI is InChI=1S/C26H38N2O16/c1-10(29)27-19-23(40-15(6)34)22(17(42-25(19)36)8-37-12(3)31)44-26-20(28-11(2)30)24(41-16(7)35)21(39-14(5)33)18(43-26)9-38-13(4)32/h17-26,36H,8-9H2,1-7H3,(H,27,29)(H,28,30)/t17-,18-,19-,20-,21-,22-,23-,24-,25-,26+/m1/s1. The first-order valence-corrected chi connectivity index (χ1v) is 13.5.